The van der Waals surface area contributed by atoms with Crippen LogP contribution in [0.25, 0.3) is 0 Å². The Bertz CT molecular complexity index is 643. The number of rotatable bonds is 6. The number of hydrogen-bond acceptors (Lipinski definition) is 5. The number of aryl methyl sites for hydroxylation is 2. The number of aromatic nitrogens is 4. The lowest BCUT2D eigenvalue weighted by molar-refractivity contribution is -0.384. The predicted octanol–water partition coefficient (Wildman–Crippen LogP) is 2.07. The van der Waals surface area contributed by atoms with Crippen LogP contribution in [0.5, 0.6) is 0 Å². The third-order valence-electron chi connectivity index (χ3n) is 3.17. The lowest BCUT2D eigenvalue weighted by Crippen LogP contribution is -2.13. The van der Waals surface area contributed by atoms with Crippen molar-refractivity contribution in [2.75, 3.05) is 11.9 Å². The normalized spacial score (nSPS) is 11.1. The van der Waals surface area contributed by atoms with Crippen molar-refractivity contribution in [3.8, 4) is 0 Å². The zero-order chi connectivity index (χ0) is 15.6. The van der Waals surface area contributed by atoms with E-state index in [4.69, 9.17) is 0 Å². The maximum Gasteiger partial charge on any atom is 0.333 e. The molecule has 8 heteroatoms. The zero-order valence-corrected chi connectivity index (χ0v) is 12.7. The van der Waals surface area contributed by atoms with Crippen LogP contribution in [0.3, 0.4) is 0 Å². The second kappa shape index (κ2) is 5.94. The van der Waals surface area contributed by atoms with Crippen molar-refractivity contribution in [3.05, 3.63) is 33.8 Å². The molecular formula is C13H20N6O2. The van der Waals surface area contributed by atoms with Gasteiger partial charge in [-0.3, -0.25) is 14.8 Å². The number of anilines is 1. The van der Waals surface area contributed by atoms with E-state index in [1.54, 1.807) is 16.3 Å². The summed E-state index contributed by atoms with van der Waals surface area (Å²) in [5.74, 6) is 0.462. The first kappa shape index (κ1) is 15.0. The first-order valence-corrected chi connectivity index (χ1v) is 6.86. The molecule has 0 aliphatic rings. The minimum Gasteiger partial charge on any atom is -0.364 e. The lowest BCUT2D eigenvalue weighted by Gasteiger charge is -2.11. The summed E-state index contributed by atoms with van der Waals surface area (Å²) >= 11 is 0. The smallest absolute Gasteiger partial charge is 0.333 e. The van der Waals surface area contributed by atoms with E-state index in [0.29, 0.717) is 24.5 Å². The van der Waals surface area contributed by atoms with Crippen LogP contribution in [0.4, 0.5) is 11.5 Å². The van der Waals surface area contributed by atoms with Crippen molar-refractivity contribution < 1.29 is 4.92 Å². The van der Waals surface area contributed by atoms with Crippen molar-refractivity contribution in [3.63, 3.8) is 0 Å². The highest BCUT2D eigenvalue weighted by Crippen LogP contribution is 2.30. The van der Waals surface area contributed by atoms with Gasteiger partial charge in [0.15, 0.2) is 0 Å². The van der Waals surface area contributed by atoms with E-state index < -0.39 is 0 Å². The standard InChI is InChI=1S/C13H20N6O2/c1-9(2)18-13(12(19(20)21)10(3)15-18)14-7-5-11-6-8-17(4)16-11/h6,8-9,14H,5,7H2,1-4H3. The van der Waals surface area contributed by atoms with Crippen molar-refractivity contribution in [2.45, 2.75) is 33.2 Å². The van der Waals surface area contributed by atoms with Crippen LogP contribution in [-0.2, 0) is 13.5 Å². The quantitative estimate of drug-likeness (QED) is 0.650. The molecule has 0 saturated carbocycles. The summed E-state index contributed by atoms with van der Waals surface area (Å²) in [6, 6.07) is 1.98. The molecule has 0 spiro atoms. The van der Waals surface area contributed by atoms with Gasteiger partial charge < -0.3 is 5.32 Å². The fourth-order valence-electron chi connectivity index (χ4n) is 2.20. The van der Waals surface area contributed by atoms with Gasteiger partial charge in [0.25, 0.3) is 0 Å². The summed E-state index contributed by atoms with van der Waals surface area (Å²) in [6.45, 7) is 6.11. The number of nitrogens with one attached hydrogen (secondary N) is 1. The van der Waals surface area contributed by atoms with Crippen LogP contribution in [0.2, 0.25) is 0 Å². The minimum atomic E-state index is -0.385. The van der Waals surface area contributed by atoms with E-state index in [-0.39, 0.29) is 16.7 Å². The van der Waals surface area contributed by atoms with E-state index in [9.17, 15) is 10.1 Å². The third-order valence-corrected chi connectivity index (χ3v) is 3.17. The van der Waals surface area contributed by atoms with Crippen LogP contribution in [0.15, 0.2) is 12.3 Å². The van der Waals surface area contributed by atoms with Gasteiger partial charge in [0.05, 0.1) is 10.6 Å². The molecule has 0 aliphatic carbocycles. The van der Waals surface area contributed by atoms with Crippen LogP contribution in [0.1, 0.15) is 31.3 Å². The largest absolute Gasteiger partial charge is 0.364 e. The van der Waals surface area contributed by atoms with E-state index in [0.717, 1.165) is 5.69 Å². The number of nitro groups is 1. The molecule has 0 atom stereocenters. The monoisotopic (exact) mass is 292 g/mol. The lowest BCUT2D eigenvalue weighted by atomic mass is 10.3. The average Bonchev–Trinajstić information content (AvgIpc) is 2.93. The molecule has 2 heterocycles. The van der Waals surface area contributed by atoms with Gasteiger partial charge in [0.1, 0.15) is 5.69 Å². The van der Waals surface area contributed by atoms with Crippen LogP contribution in [0, 0.1) is 17.0 Å². The Morgan fingerprint density at radius 3 is 2.67 bits per heavy atom. The molecule has 2 aromatic heterocycles. The Balaban J connectivity index is 2.15. The molecule has 114 valence electrons. The molecule has 2 aromatic rings. The van der Waals surface area contributed by atoms with Gasteiger partial charge in [-0.15, -0.1) is 0 Å². The van der Waals surface area contributed by atoms with E-state index >= 15 is 0 Å². The number of hydrogen-bond donors (Lipinski definition) is 1. The van der Waals surface area contributed by atoms with E-state index in [1.807, 2.05) is 33.2 Å². The highest BCUT2D eigenvalue weighted by molar-refractivity contribution is 5.59. The SMILES string of the molecule is Cc1nn(C(C)C)c(NCCc2ccn(C)n2)c1[N+](=O)[O-]. The second-order valence-corrected chi connectivity index (χ2v) is 5.24. The molecule has 8 nitrogen and oxygen atoms in total. The summed E-state index contributed by atoms with van der Waals surface area (Å²) in [7, 11) is 1.86. The van der Waals surface area contributed by atoms with Gasteiger partial charge in [-0.2, -0.15) is 10.2 Å². The molecule has 0 radical (unpaired) electrons. The topological polar surface area (TPSA) is 90.8 Å². The first-order chi connectivity index (χ1) is 9.90. The molecule has 0 saturated heterocycles. The first-order valence-electron chi connectivity index (χ1n) is 6.86. The van der Waals surface area contributed by atoms with Gasteiger partial charge in [-0.05, 0) is 26.8 Å². The molecule has 0 aromatic carbocycles. The maximum atomic E-state index is 11.2. The highest BCUT2D eigenvalue weighted by Gasteiger charge is 2.26. The number of nitrogens with zero attached hydrogens (tertiary/aromatic N) is 5. The predicted molar refractivity (Wildman–Crippen MR) is 79.4 cm³/mol. The molecule has 0 aliphatic heterocycles. The summed E-state index contributed by atoms with van der Waals surface area (Å²) < 4.78 is 3.40. The van der Waals surface area contributed by atoms with Gasteiger partial charge >= 0.3 is 5.69 Å². The fraction of sp³-hybridized carbons (Fsp3) is 0.538. The Morgan fingerprint density at radius 1 is 1.43 bits per heavy atom. The zero-order valence-electron chi connectivity index (χ0n) is 12.7. The molecule has 0 bridgehead atoms. The third kappa shape index (κ3) is 3.21. The highest BCUT2D eigenvalue weighted by atomic mass is 16.6. The van der Waals surface area contributed by atoms with Crippen molar-refractivity contribution in [2.24, 2.45) is 7.05 Å². The average molecular weight is 292 g/mol. The molecule has 0 amide bonds. The molecule has 1 N–H and O–H groups in total. The van der Waals surface area contributed by atoms with Crippen LogP contribution in [-0.4, -0.2) is 31.0 Å². The summed E-state index contributed by atoms with van der Waals surface area (Å²) in [4.78, 5) is 10.8. The molecule has 2 rings (SSSR count). The second-order valence-electron chi connectivity index (χ2n) is 5.24. The molecule has 21 heavy (non-hydrogen) atoms. The Kier molecular flexibility index (Phi) is 4.25. The van der Waals surface area contributed by atoms with Gasteiger partial charge in [0.2, 0.25) is 5.82 Å². The Morgan fingerprint density at radius 2 is 2.14 bits per heavy atom. The van der Waals surface area contributed by atoms with E-state index in [2.05, 4.69) is 15.5 Å². The molecular weight excluding hydrogens is 272 g/mol. The van der Waals surface area contributed by atoms with Gasteiger partial charge in [-0.1, -0.05) is 0 Å². The summed E-state index contributed by atoms with van der Waals surface area (Å²) in [5, 5.41) is 22.9. The fourth-order valence-corrected chi connectivity index (χ4v) is 2.20. The van der Waals surface area contributed by atoms with Gasteiger partial charge in [-0.25, -0.2) is 4.68 Å². The molecule has 0 unspecified atom stereocenters. The Hall–Kier alpha value is -2.38. The van der Waals surface area contributed by atoms with Crippen molar-refractivity contribution in [1.82, 2.24) is 19.6 Å². The van der Waals surface area contributed by atoms with Crippen LogP contribution >= 0.6 is 0 Å². The molecule has 0 fully saturated rings. The van der Waals surface area contributed by atoms with Gasteiger partial charge in [0, 0.05) is 32.3 Å². The van der Waals surface area contributed by atoms with E-state index in [1.165, 1.54) is 0 Å². The summed E-state index contributed by atoms with van der Waals surface area (Å²) in [6.07, 6.45) is 2.57. The summed E-state index contributed by atoms with van der Waals surface area (Å²) in [5.41, 5.74) is 1.42. The van der Waals surface area contributed by atoms with Crippen molar-refractivity contribution in [1.29, 1.82) is 0 Å². The Labute approximate surface area is 122 Å². The van der Waals surface area contributed by atoms with Crippen LogP contribution < -0.4 is 5.32 Å². The van der Waals surface area contributed by atoms with Crippen molar-refractivity contribution >= 4 is 11.5 Å². The maximum absolute atomic E-state index is 11.2. The minimum absolute atomic E-state index is 0.0460.